The Hall–Kier alpha value is -3.60. The van der Waals surface area contributed by atoms with Crippen molar-refractivity contribution in [1.29, 1.82) is 5.41 Å². The molecular weight excluding hydrogens is 582 g/mol. The number of Topliss-reactive ketones (excluding diaryl/α,β-unsaturated/α-hetero) is 1. The van der Waals surface area contributed by atoms with E-state index in [2.05, 4.69) is 5.32 Å². The van der Waals surface area contributed by atoms with Crippen LogP contribution in [0.25, 0.3) is 0 Å². The number of carboxylic acids is 1. The van der Waals surface area contributed by atoms with Gasteiger partial charge in [-0.2, -0.15) is 0 Å². The van der Waals surface area contributed by atoms with E-state index >= 15 is 0 Å². The number of carboxylic acid groups (broad SMARTS) is 1. The van der Waals surface area contributed by atoms with Gasteiger partial charge >= 0.3 is 5.97 Å². The molecule has 1 heterocycles. The van der Waals surface area contributed by atoms with Gasteiger partial charge in [-0.25, -0.2) is 0 Å². The molecule has 0 fully saturated rings. The maximum absolute atomic E-state index is 13.5. The van der Waals surface area contributed by atoms with Gasteiger partial charge in [0.25, 0.3) is 5.91 Å². The van der Waals surface area contributed by atoms with Crippen molar-refractivity contribution in [3.05, 3.63) is 52.1 Å². The van der Waals surface area contributed by atoms with Gasteiger partial charge in [0, 0.05) is 36.7 Å². The van der Waals surface area contributed by atoms with Crippen molar-refractivity contribution < 1.29 is 33.7 Å². The third kappa shape index (κ3) is 7.32. The first kappa shape index (κ1) is 32.6. The molecule has 10 nitrogen and oxygen atoms in total. The van der Waals surface area contributed by atoms with E-state index in [-0.39, 0.29) is 54.1 Å². The highest BCUT2D eigenvalue weighted by molar-refractivity contribution is 8.93. The molecule has 0 spiro atoms. The molecule has 2 aromatic carbocycles. The lowest BCUT2D eigenvalue weighted by atomic mass is 9.84. The van der Waals surface area contributed by atoms with Gasteiger partial charge in [0.05, 0.1) is 32.4 Å². The number of aliphatic carboxylic acids is 1. The van der Waals surface area contributed by atoms with E-state index in [4.69, 9.17) is 24.7 Å². The summed E-state index contributed by atoms with van der Waals surface area (Å²) in [5, 5.41) is 20.2. The molecule has 3 rings (SSSR count). The number of carbonyl (C=O) groups excluding carboxylic acids is 2. The number of hydrogen-bond donors (Lipinski definition) is 3. The Kier molecular flexibility index (Phi) is 11.1. The summed E-state index contributed by atoms with van der Waals surface area (Å²) in [7, 11) is 3.03. The van der Waals surface area contributed by atoms with Crippen molar-refractivity contribution in [1.82, 2.24) is 10.2 Å². The van der Waals surface area contributed by atoms with Gasteiger partial charge < -0.3 is 29.5 Å². The number of halogens is 1. The number of carbonyl (C=O) groups is 3. The minimum atomic E-state index is -0.892. The summed E-state index contributed by atoms with van der Waals surface area (Å²) in [4.78, 5) is 38.4. The second-order valence-corrected chi connectivity index (χ2v) is 10.3. The molecule has 218 valence electrons. The highest BCUT2D eigenvalue weighted by Gasteiger charge is 2.31. The van der Waals surface area contributed by atoms with Crippen LogP contribution in [-0.4, -0.2) is 67.4 Å². The quantitative estimate of drug-likeness (QED) is 0.231. The summed E-state index contributed by atoms with van der Waals surface area (Å²) >= 11 is 0. The largest absolute Gasteiger partial charge is 0.493 e. The molecule has 1 aliphatic rings. The summed E-state index contributed by atoms with van der Waals surface area (Å²) < 4.78 is 17.2. The van der Waals surface area contributed by atoms with Gasteiger partial charge in [0.1, 0.15) is 11.6 Å². The summed E-state index contributed by atoms with van der Waals surface area (Å²) in [6.45, 7) is 8.69. The van der Waals surface area contributed by atoms with Crippen molar-refractivity contribution in [3.63, 3.8) is 0 Å². The number of methoxy groups -OCH3 is 1. The van der Waals surface area contributed by atoms with Crippen LogP contribution in [-0.2, 0) is 16.8 Å². The second-order valence-electron chi connectivity index (χ2n) is 10.3. The zero-order valence-electron chi connectivity index (χ0n) is 23.8. The monoisotopic (exact) mass is 619 g/mol. The first-order valence-electron chi connectivity index (χ1n) is 12.9. The van der Waals surface area contributed by atoms with Gasteiger partial charge in [0.15, 0.2) is 17.3 Å². The average molecular weight is 621 g/mol. The topological polar surface area (TPSA) is 138 Å². The number of benzene rings is 2. The van der Waals surface area contributed by atoms with E-state index in [9.17, 15) is 14.4 Å². The van der Waals surface area contributed by atoms with Gasteiger partial charge in [-0.3, -0.25) is 19.8 Å². The maximum Gasteiger partial charge on any atom is 0.303 e. The first-order valence-corrected chi connectivity index (χ1v) is 12.9. The number of hydrogen-bond acceptors (Lipinski definition) is 7. The second kappa shape index (κ2) is 13.6. The van der Waals surface area contributed by atoms with Gasteiger partial charge in [-0.15, -0.1) is 17.0 Å². The molecule has 0 unspecified atom stereocenters. The molecule has 2 aromatic rings. The fourth-order valence-electron chi connectivity index (χ4n) is 4.43. The van der Waals surface area contributed by atoms with Crippen LogP contribution >= 0.6 is 17.0 Å². The maximum atomic E-state index is 13.5. The van der Waals surface area contributed by atoms with Crippen LogP contribution in [0.4, 0.5) is 0 Å². The van der Waals surface area contributed by atoms with E-state index in [1.165, 1.54) is 14.2 Å². The molecule has 1 aliphatic heterocycles. The van der Waals surface area contributed by atoms with Crippen LogP contribution in [0.15, 0.2) is 24.3 Å². The average Bonchev–Trinajstić information content (AvgIpc) is 3.18. The third-order valence-corrected chi connectivity index (χ3v) is 6.43. The van der Waals surface area contributed by atoms with E-state index in [0.29, 0.717) is 53.5 Å². The Morgan fingerprint density at radius 2 is 1.80 bits per heavy atom. The van der Waals surface area contributed by atoms with E-state index < -0.39 is 11.4 Å². The molecule has 0 aromatic heterocycles. The standard InChI is InChI=1S/C29H37N3O7.BrH/c1-7-38-23-13-18-15-32(27(30)19(18)14-20(23)28(36)31-5)16-22(33)17-11-21(29(2,3)4)26(24(12-17)37-6)39-10-8-9-25(34)35;/h11-14,30H,7-10,15-16H2,1-6H3,(H,31,36)(H,34,35);1H. The molecule has 1 amide bonds. The van der Waals surface area contributed by atoms with E-state index in [1.807, 2.05) is 27.7 Å². The van der Waals surface area contributed by atoms with Crippen molar-refractivity contribution in [3.8, 4) is 17.2 Å². The molecule has 40 heavy (non-hydrogen) atoms. The number of amides is 1. The van der Waals surface area contributed by atoms with Gasteiger partial charge in [-0.1, -0.05) is 20.8 Å². The minimum Gasteiger partial charge on any atom is -0.493 e. The molecular formula is C29H38BrN3O7. The number of ketones is 1. The molecule has 11 heteroatoms. The van der Waals surface area contributed by atoms with E-state index in [1.54, 1.807) is 29.2 Å². The lowest BCUT2D eigenvalue weighted by Gasteiger charge is -2.26. The van der Waals surface area contributed by atoms with Crippen molar-refractivity contribution in [2.24, 2.45) is 0 Å². The summed E-state index contributed by atoms with van der Waals surface area (Å²) in [5.74, 6) is 0.0658. The normalized spacial score (nSPS) is 12.3. The molecule has 0 radical (unpaired) electrons. The first-order chi connectivity index (χ1) is 18.4. The lowest BCUT2D eigenvalue weighted by Crippen LogP contribution is -2.30. The lowest BCUT2D eigenvalue weighted by molar-refractivity contribution is -0.137. The fourth-order valence-corrected chi connectivity index (χ4v) is 4.43. The van der Waals surface area contributed by atoms with Crippen LogP contribution in [0.2, 0.25) is 0 Å². The van der Waals surface area contributed by atoms with Crippen molar-refractivity contribution >= 4 is 40.5 Å². The number of nitrogens with zero attached hydrogens (tertiary/aromatic N) is 1. The predicted molar refractivity (Wildman–Crippen MR) is 157 cm³/mol. The fraction of sp³-hybridized carbons (Fsp3) is 0.448. The summed E-state index contributed by atoms with van der Waals surface area (Å²) in [5.41, 5.74) is 2.52. The third-order valence-electron chi connectivity index (χ3n) is 6.43. The van der Waals surface area contributed by atoms with Crippen molar-refractivity contribution in [2.75, 3.05) is 33.9 Å². The summed E-state index contributed by atoms with van der Waals surface area (Å²) in [6.07, 6.45) is 0.331. The Morgan fingerprint density at radius 3 is 2.38 bits per heavy atom. The van der Waals surface area contributed by atoms with E-state index in [0.717, 1.165) is 11.1 Å². The Balaban J connectivity index is 0.00000560. The minimum absolute atomic E-state index is 0. The zero-order valence-corrected chi connectivity index (χ0v) is 25.5. The Morgan fingerprint density at radius 1 is 1.10 bits per heavy atom. The van der Waals surface area contributed by atoms with Gasteiger partial charge in [0.2, 0.25) is 0 Å². The molecule has 0 saturated carbocycles. The van der Waals surface area contributed by atoms with Crippen LogP contribution in [0.1, 0.15) is 77.9 Å². The Bertz CT molecular complexity index is 1290. The zero-order chi connectivity index (χ0) is 28.9. The predicted octanol–water partition coefficient (Wildman–Crippen LogP) is 4.60. The molecule has 0 atom stereocenters. The Labute approximate surface area is 245 Å². The molecule has 3 N–H and O–H groups in total. The molecule has 0 aliphatic carbocycles. The van der Waals surface area contributed by atoms with Gasteiger partial charge in [-0.05, 0) is 48.6 Å². The highest BCUT2D eigenvalue weighted by atomic mass is 79.9. The molecule has 0 bridgehead atoms. The number of ether oxygens (including phenoxy) is 3. The van der Waals surface area contributed by atoms with Crippen LogP contribution < -0.4 is 19.5 Å². The van der Waals surface area contributed by atoms with Crippen molar-refractivity contribution in [2.45, 2.75) is 52.5 Å². The SMILES string of the molecule is Br.CCOc1cc2c(cc1C(=O)NC)C(=N)N(CC(=O)c1cc(OC)c(OCCCC(=O)O)c(C(C)(C)C)c1)C2. The smallest absolute Gasteiger partial charge is 0.303 e. The number of fused-ring (bicyclic) bond motifs is 1. The van der Waals surface area contributed by atoms with Crippen LogP contribution in [0.5, 0.6) is 17.2 Å². The molecule has 0 saturated heterocycles. The number of rotatable bonds is 12. The number of amidine groups is 1. The number of nitrogens with one attached hydrogen (secondary N) is 2. The highest BCUT2D eigenvalue weighted by Crippen LogP contribution is 2.40. The van der Waals surface area contributed by atoms with Crippen LogP contribution in [0, 0.1) is 5.41 Å². The van der Waals surface area contributed by atoms with Crippen LogP contribution in [0.3, 0.4) is 0 Å². The summed E-state index contributed by atoms with van der Waals surface area (Å²) in [6, 6.07) is 6.80.